The fourth-order valence-corrected chi connectivity index (χ4v) is 2.89. The summed E-state index contributed by atoms with van der Waals surface area (Å²) in [7, 11) is 1.88. The number of nitrogens with zero attached hydrogens (tertiary/aromatic N) is 2. The summed E-state index contributed by atoms with van der Waals surface area (Å²) in [4.78, 5) is 12.2. The molecule has 1 aromatic carbocycles. The van der Waals surface area contributed by atoms with Crippen LogP contribution in [0.4, 0.5) is 4.79 Å². The number of urea groups is 1. The molecule has 2 amide bonds. The number of benzene rings is 1. The molecule has 0 saturated heterocycles. The average Bonchev–Trinajstić information content (AvgIpc) is 2.79. The van der Waals surface area contributed by atoms with Crippen molar-refractivity contribution in [2.24, 2.45) is 7.05 Å². The van der Waals surface area contributed by atoms with E-state index in [9.17, 15) is 9.90 Å². The second-order valence-electron chi connectivity index (χ2n) is 6.40. The second kappa shape index (κ2) is 7.05. The molecule has 1 heterocycles. The Morgan fingerprint density at radius 3 is 2.50 bits per heavy atom. The molecule has 0 saturated carbocycles. The Morgan fingerprint density at radius 1 is 1.33 bits per heavy atom. The van der Waals surface area contributed by atoms with Crippen LogP contribution in [0.3, 0.4) is 0 Å². The summed E-state index contributed by atoms with van der Waals surface area (Å²) >= 11 is 0. The van der Waals surface area contributed by atoms with Gasteiger partial charge >= 0.3 is 6.03 Å². The van der Waals surface area contributed by atoms with Crippen LogP contribution in [0.2, 0.25) is 0 Å². The number of carbonyl (C=O) groups excluding carboxylic acids is 1. The van der Waals surface area contributed by atoms with Gasteiger partial charge in [0.2, 0.25) is 0 Å². The zero-order valence-electron chi connectivity index (χ0n) is 14.9. The Kier molecular flexibility index (Phi) is 5.29. The Balaban J connectivity index is 1.96. The molecule has 0 spiro atoms. The van der Waals surface area contributed by atoms with Crippen molar-refractivity contribution in [2.75, 3.05) is 6.54 Å². The fraction of sp³-hybridized carbons (Fsp3) is 0.444. The highest BCUT2D eigenvalue weighted by Gasteiger charge is 2.24. The number of aliphatic hydroxyl groups is 1. The van der Waals surface area contributed by atoms with Crippen molar-refractivity contribution in [3.8, 4) is 0 Å². The molecule has 1 aromatic heterocycles. The Hall–Kier alpha value is -2.34. The van der Waals surface area contributed by atoms with Crippen LogP contribution in [0.25, 0.3) is 0 Å². The number of nitrogens with one attached hydrogen (secondary N) is 2. The van der Waals surface area contributed by atoms with Crippen LogP contribution < -0.4 is 10.6 Å². The number of aryl methyl sites for hydroxylation is 2. The molecule has 0 aliphatic rings. The van der Waals surface area contributed by atoms with Gasteiger partial charge in [-0.25, -0.2) is 4.79 Å². The van der Waals surface area contributed by atoms with Crippen LogP contribution in [0.15, 0.2) is 30.3 Å². The Bertz CT molecular complexity index is 707. The number of carbonyl (C=O) groups is 1. The Labute approximate surface area is 142 Å². The maximum atomic E-state index is 12.2. The van der Waals surface area contributed by atoms with Gasteiger partial charge in [-0.05, 0) is 33.3 Å². The number of hydrogen-bond donors (Lipinski definition) is 3. The molecule has 3 N–H and O–H groups in total. The first kappa shape index (κ1) is 18.0. The Morgan fingerprint density at radius 2 is 1.96 bits per heavy atom. The van der Waals surface area contributed by atoms with Gasteiger partial charge in [-0.3, -0.25) is 4.68 Å². The van der Waals surface area contributed by atoms with Crippen molar-refractivity contribution >= 4 is 6.03 Å². The molecule has 2 aromatic rings. The van der Waals surface area contributed by atoms with Crippen molar-refractivity contribution in [2.45, 2.75) is 39.3 Å². The van der Waals surface area contributed by atoms with E-state index in [-0.39, 0.29) is 18.6 Å². The third kappa shape index (κ3) is 3.94. The lowest BCUT2D eigenvalue weighted by atomic mass is 9.96. The van der Waals surface area contributed by atoms with Gasteiger partial charge in [0.05, 0.1) is 18.3 Å². The molecule has 24 heavy (non-hydrogen) atoms. The topological polar surface area (TPSA) is 79.2 Å². The molecule has 130 valence electrons. The van der Waals surface area contributed by atoms with Gasteiger partial charge in [0.15, 0.2) is 0 Å². The first-order valence-corrected chi connectivity index (χ1v) is 8.04. The molecular weight excluding hydrogens is 304 g/mol. The summed E-state index contributed by atoms with van der Waals surface area (Å²) in [6.45, 7) is 7.64. The molecule has 0 aliphatic carbocycles. The second-order valence-corrected chi connectivity index (χ2v) is 6.40. The zero-order chi connectivity index (χ0) is 17.9. The van der Waals surface area contributed by atoms with E-state index in [1.54, 1.807) is 11.6 Å². The predicted octanol–water partition coefficient (Wildman–Crippen LogP) is 2.30. The molecular formula is C18H26N4O2. The standard InChI is InChI=1S/C18H26N4O2/c1-12(16-13(2)21-22(5)14(16)3)20-17(23)19-11-18(4,24)15-9-7-6-8-10-15/h6-10,12,24H,11H2,1-5H3,(H2,19,20,23)/t12-,18+/m0/s1. The van der Waals surface area contributed by atoms with Crippen LogP contribution in [0.1, 0.15) is 42.4 Å². The van der Waals surface area contributed by atoms with Crippen LogP contribution in [0.5, 0.6) is 0 Å². The largest absolute Gasteiger partial charge is 0.384 e. The van der Waals surface area contributed by atoms with E-state index < -0.39 is 5.60 Å². The van der Waals surface area contributed by atoms with Crippen molar-refractivity contribution in [3.63, 3.8) is 0 Å². The van der Waals surface area contributed by atoms with E-state index in [0.717, 1.165) is 22.5 Å². The normalized spacial score (nSPS) is 14.8. The van der Waals surface area contributed by atoms with Crippen LogP contribution in [-0.2, 0) is 12.6 Å². The number of rotatable bonds is 5. The summed E-state index contributed by atoms with van der Waals surface area (Å²) < 4.78 is 1.81. The minimum atomic E-state index is -1.12. The third-order valence-electron chi connectivity index (χ3n) is 4.33. The first-order chi connectivity index (χ1) is 11.2. The van der Waals surface area contributed by atoms with Crippen LogP contribution >= 0.6 is 0 Å². The summed E-state index contributed by atoms with van der Waals surface area (Å²) in [6, 6.07) is 8.80. The SMILES string of the molecule is Cc1nn(C)c(C)c1[C@H](C)NC(=O)NC[C@@](C)(O)c1ccccc1. The van der Waals surface area contributed by atoms with Gasteiger partial charge in [0.1, 0.15) is 5.60 Å². The summed E-state index contributed by atoms with van der Waals surface area (Å²) in [5, 5.41) is 20.5. The van der Waals surface area contributed by atoms with Gasteiger partial charge < -0.3 is 15.7 Å². The molecule has 0 radical (unpaired) electrons. The van der Waals surface area contributed by atoms with Crippen molar-refractivity contribution in [1.29, 1.82) is 0 Å². The highest BCUT2D eigenvalue weighted by atomic mass is 16.3. The average molecular weight is 330 g/mol. The summed E-state index contributed by atoms with van der Waals surface area (Å²) in [5.41, 5.74) is 2.58. The van der Waals surface area contributed by atoms with Crippen molar-refractivity contribution in [1.82, 2.24) is 20.4 Å². The number of aromatic nitrogens is 2. The van der Waals surface area contributed by atoms with Crippen molar-refractivity contribution < 1.29 is 9.90 Å². The lowest BCUT2D eigenvalue weighted by Gasteiger charge is -2.25. The molecule has 2 atom stereocenters. The maximum absolute atomic E-state index is 12.2. The monoisotopic (exact) mass is 330 g/mol. The van der Waals surface area contributed by atoms with Gasteiger partial charge in [-0.2, -0.15) is 5.10 Å². The first-order valence-electron chi connectivity index (χ1n) is 8.04. The van der Waals surface area contributed by atoms with Crippen LogP contribution in [-0.4, -0.2) is 27.5 Å². The molecule has 0 fully saturated rings. The van der Waals surface area contributed by atoms with Gasteiger partial charge in [-0.15, -0.1) is 0 Å². The van der Waals surface area contributed by atoms with Gasteiger partial charge in [-0.1, -0.05) is 30.3 Å². The molecule has 6 nitrogen and oxygen atoms in total. The molecule has 0 unspecified atom stereocenters. The quantitative estimate of drug-likeness (QED) is 0.787. The summed E-state index contributed by atoms with van der Waals surface area (Å²) in [6.07, 6.45) is 0. The molecule has 0 aliphatic heterocycles. The van der Waals surface area contributed by atoms with E-state index in [4.69, 9.17) is 0 Å². The third-order valence-corrected chi connectivity index (χ3v) is 4.33. The predicted molar refractivity (Wildman–Crippen MR) is 93.6 cm³/mol. The van der Waals surface area contributed by atoms with E-state index in [1.165, 1.54) is 0 Å². The van der Waals surface area contributed by atoms with E-state index >= 15 is 0 Å². The number of hydrogen-bond acceptors (Lipinski definition) is 3. The minimum Gasteiger partial charge on any atom is -0.384 e. The lowest BCUT2D eigenvalue weighted by molar-refractivity contribution is 0.0593. The molecule has 2 rings (SSSR count). The smallest absolute Gasteiger partial charge is 0.315 e. The lowest BCUT2D eigenvalue weighted by Crippen LogP contribution is -2.44. The van der Waals surface area contributed by atoms with Crippen molar-refractivity contribution in [3.05, 3.63) is 52.8 Å². The van der Waals surface area contributed by atoms with E-state index in [1.807, 2.05) is 58.2 Å². The van der Waals surface area contributed by atoms with Gasteiger partial charge in [0, 0.05) is 18.3 Å². The van der Waals surface area contributed by atoms with Gasteiger partial charge in [0.25, 0.3) is 0 Å². The minimum absolute atomic E-state index is 0.126. The highest BCUT2D eigenvalue weighted by molar-refractivity contribution is 5.74. The summed E-state index contributed by atoms with van der Waals surface area (Å²) in [5.74, 6) is 0. The van der Waals surface area contributed by atoms with Crippen LogP contribution in [0, 0.1) is 13.8 Å². The zero-order valence-corrected chi connectivity index (χ0v) is 14.9. The molecule has 0 bridgehead atoms. The fourth-order valence-electron chi connectivity index (χ4n) is 2.89. The maximum Gasteiger partial charge on any atom is 0.315 e. The molecule has 6 heteroatoms. The van der Waals surface area contributed by atoms with E-state index in [2.05, 4.69) is 15.7 Å². The number of amides is 2. The highest BCUT2D eigenvalue weighted by Crippen LogP contribution is 2.21. The van der Waals surface area contributed by atoms with E-state index in [0.29, 0.717) is 0 Å².